The highest BCUT2D eigenvalue weighted by atomic mass is 16.2. The molecule has 20 heavy (non-hydrogen) atoms. The van der Waals surface area contributed by atoms with E-state index in [4.69, 9.17) is 5.73 Å². The summed E-state index contributed by atoms with van der Waals surface area (Å²) in [5.74, 6) is -0.131. The maximum atomic E-state index is 12.4. The number of anilines is 1. The zero-order chi connectivity index (χ0) is 14.2. The first-order valence-electron chi connectivity index (χ1n) is 7.07. The highest BCUT2D eigenvalue weighted by molar-refractivity contribution is 6.02. The van der Waals surface area contributed by atoms with Gasteiger partial charge in [-0.05, 0) is 30.5 Å². The van der Waals surface area contributed by atoms with Crippen LogP contribution in [-0.2, 0) is 11.2 Å². The maximum Gasteiger partial charge on any atom is 0.251 e. The lowest BCUT2D eigenvalue weighted by Crippen LogP contribution is -2.51. The van der Waals surface area contributed by atoms with Crippen molar-refractivity contribution in [1.29, 1.82) is 0 Å². The van der Waals surface area contributed by atoms with Gasteiger partial charge >= 0.3 is 0 Å². The van der Waals surface area contributed by atoms with E-state index in [-0.39, 0.29) is 17.4 Å². The molecule has 1 fully saturated rings. The average molecular weight is 273 g/mol. The van der Waals surface area contributed by atoms with Gasteiger partial charge in [0.05, 0.1) is 12.0 Å². The first-order valence-corrected chi connectivity index (χ1v) is 7.07. The molecular weight excluding hydrogens is 254 g/mol. The van der Waals surface area contributed by atoms with Gasteiger partial charge in [0.2, 0.25) is 5.91 Å². The third kappa shape index (κ3) is 2.29. The minimum absolute atomic E-state index is 0.0215. The first kappa shape index (κ1) is 13.1. The van der Waals surface area contributed by atoms with Crippen molar-refractivity contribution in [2.24, 2.45) is 5.73 Å². The van der Waals surface area contributed by atoms with Gasteiger partial charge in [0.1, 0.15) is 0 Å². The molecule has 5 nitrogen and oxygen atoms in total. The summed E-state index contributed by atoms with van der Waals surface area (Å²) in [4.78, 5) is 23.7. The van der Waals surface area contributed by atoms with Crippen molar-refractivity contribution >= 4 is 17.5 Å². The molecule has 0 spiro atoms. The third-order valence-electron chi connectivity index (χ3n) is 4.33. The number of carbonyl (C=O) groups excluding carboxylic acids is 2. The molecule has 1 aliphatic carbocycles. The molecule has 2 aliphatic rings. The number of hydrogen-bond acceptors (Lipinski definition) is 3. The average Bonchev–Trinajstić information content (AvgIpc) is 3.03. The monoisotopic (exact) mass is 273 g/mol. The Bertz CT molecular complexity index is 562. The topological polar surface area (TPSA) is 84.2 Å². The molecule has 1 heterocycles. The molecule has 2 amide bonds. The van der Waals surface area contributed by atoms with Crippen molar-refractivity contribution in [3.8, 4) is 0 Å². The van der Waals surface area contributed by atoms with Crippen LogP contribution < -0.4 is 16.4 Å². The molecular formula is C15H19N3O2. The molecule has 3 rings (SSSR count). The Morgan fingerprint density at radius 1 is 1.35 bits per heavy atom. The van der Waals surface area contributed by atoms with Crippen LogP contribution in [-0.4, -0.2) is 23.9 Å². The standard InChI is InChI=1S/C15H19N3O2/c16-9-15(5-1-2-6-15)18-14(20)11-4-3-10-8-13(19)17-12(10)7-11/h3-4,7H,1-2,5-6,8-9,16H2,(H,17,19)(H,18,20). The molecule has 106 valence electrons. The number of carbonyl (C=O) groups is 2. The van der Waals surface area contributed by atoms with Gasteiger partial charge in [-0.3, -0.25) is 9.59 Å². The number of fused-ring (bicyclic) bond motifs is 1. The molecule has 1 aromatic rings. The minimum atomic E-state index is -0.251. The quantitative estimate of drug-likeness (QED) is 0.773. The number of nitrogens with two attached hydrogens (primary N) is 1. The van der Waals surface area contributed by atoms with Crippen LogP contribution in [0, 0.1) is 0 Å². The van der Waals surface area contributed by atoms with Gasteiger partial charge in [-0.25, -0.2) is 0 Å². The smallest absolute Gasteiger partial charge is 0.251 e. The van der Waals surface area contributed by atoms with Crippen LogP contribution in [0.5, 0.6) is 0 Å². The lowest BCUT2D eigenvalue weighted by atomic mass is 9.97. The van der Waals surface area contributed by atoms with E-state index in [9.17, 15) is 9.59 Å². The van der Waals surface area contributed by atoms with Crippen molar-refractivity contribution < 1.29 is 9.59 Å². The van der Waals surface area contributed by atoms with Crippen LogP contribution in [0.25, 0.3) is 0 Å². The van der Waals surface area contributed by atoms with Crippen molar-refractivity contribution in [2.75, 3.05) is 11.9 Å². The molecule has 0 aromatic heterocycles. The van der Waals surface area contributed by atoms with Crippen molar-refractivity contribution in [3.63, 3.8) is 0 Å². The summed E-state index contributed by atoms with van der Waals surface area (Å²) >= 11 is 0. The summed E-state index contributed by atoms with van der Waals surface area (Å²) in [7, 11) is 0. The number of nitrogens with one attached hydrogen (secondary N) is 2. The van der Waals surface area contributed by atoms with Gasteiger partial charge in [-0.2, -0.15) is 0 Å². The SMILES string of the molecule is NCC1(NC(=O)c2ccc3c(c2)NC(=O)C3)CCCC1. The fourth-order valence-electron chi connectivity index (χ4n) is 3.10. The Labute approximate surface area is 117 Å². The summed E-state index contributed by atoms with van der Waals surface area (Å²) in [5, 5.41) is 5.85. The van der Waals surface area contributed by atoms with Crippen LogP contribution >= 0.6 is 0 Å². The van der Waals surface area contributed by atoms with Gasteiger partial charge in [0.25, 0.3) is 5.91 Å². The predicted molar refractivity (Wildman–Crippen MR) is 76.5 cm³/mol. The second-order valence-corrected chi connectivity index (χ2v) is 5.74. The molecule has 0 atom stereocenters. The lowest BCUT2D eigenvalue weighted by Gasteiger charge is -2.28. The zero-order valence-electron chi connectivity index (χ0n) is 11.4. The molecule has 0 unspecified atom stereocenters. The van der Waals surface area contributed by atoms with Crippen molar-refractivity contribution in [1.82, 2.24) is 5.32 Å². The minimum Gasteiger partial charge on any atom is -0.345 e. The van der Waals surface area contributed by atoms with E-state index in [0.29, 0.717) is 18.5 Å². The fourth-order valence-corrected chi connectivity index (χ4v) is 3.10. The number of hydrogen-bond donors (Lipinski definition) is 3. The van der Waals surface area contributed by atoms with Gasteiger partial charge in [-0.15, -0.1) is 0 Å². The molecule has 4 N–H and O–H groups in total. The molecule has 1 saturated carbocycles. The number of rotatable bonds is 3. The normalized spacial score (nSPS) is 19.6. The fraction of sp³-hybridized carbons (Fsp3) is 0.467. The molecule has 1 aromatic carbocycles. The molecule has 1 aliphatic heterocycles. The van der Waals surface area contributed by atoms with E-state index in [1.807, 2.05) is 6.07 Å². The highest BCUT2D eigenvalue weighted by Crippen LogP contribution is 2.29. The molecule has 0 radical (unpaired) electrons. The van der Waals surface area contributed by atoms with Crippen LogP contribution in [0.1, 0.15) is 41.6 Å². The Morgan fingerprint density at radius 2 is 2.10 bits per heavy atom. The Hall–Kier alpha value is -1.88. The summed E-state index contributed by atoms with van der Waals surface area (Å²) < 4.78 is 0. The summed E-state index contributed by atoms with van der Waals surface area (Å²) in [6.07, 6.45) is 4.49. The molecule has 5 heteroatoms. The Kier molecular flexibility index (Phi) is 3.22. The third-order valence-corrected chi connectivity index (χ3v) is 4.33. The summed E-state index contributed by atoms with van der Waals surface area (Å²) in [6.45, 7) is 0.473. The van der Waals surface area contributed by atoms with Crippen LogP contribution in [0.15, 0.2) is 18.2 Å². The second-order valence-electron chi connectivity index (χ2n) is 5.74. The van der Waals surface area contributed by atoms with Crippen LogP contribution in [0.3, 0.4) is 0 Å². The van der Waals surface area contributed by atoms with Gasteiger partial charge in [-0.1, -0.05) is 18.9 Å². The first-order chi connectivity index (χ1) is 9.62. The Balaban J connectivity index is 1.78. The number of amides is 2. The van der Waals surface area contributed by atoms with E-state index >= 15 is 0 Å². The van der Waals surface area contributed by atoms with Gasteiger partial charge in [0, 0.05) is 17.8 Å². The lowest BCUT2D eigenvalue weighted by molar-refractivity contribution is -0.115. The van der Waals surface area contributed by atoms with E-state index in [0.717, 1.165) is 36.9 Å². The number of benzene rings is 1. The van der Waals surface area contributed by atoms with E-state index < -0.39 is 0 Å². The van der Waals surface area contributed by atoms with Gasteiger partial charge in [0.15, 0.2) is 0 Å². The van der Waals surface area contributed by atoms with Crippen LogP contribution in [0.4, 0.5) is 5.69 Å². The summed E-state index contributed by atoms with van der Waals surface area (Å²) in [6, 6.07) is 5.36. The van der Waals surface area contributed by atoms with Crippen molar-refractivity contribution in [3.05, 3.63) is 29.3 Å². The van der Waals surface area contributed by atoms with E-state index in [2.05, 4.69) is 10.6 Å². The molecule has 0 bridgehead atoms. The van der Waals surface area contributed by atoms with Gasteiger partial charge < -0.3 is 16.4 Å². The molecule has 0 saturated heterocycles. The van der Waals surface area contributed by atoms with Crippen molar-refractivity contribution in [2.45, 2.75) is 37.6 Å². The maximum absolute atomic E-state index is 12.4. The zero-order valence-corrected chi connectivity index (χ0v) is 11.4. The van der Waals surface area contributed by atoms with E-state index in [1.54, 1.807) is 12.1 Å². The van der Waals surface area contributed by atoms with Crippen LogP contribution in [0.2, 0.25) is 0 Å². The highest BCUT2D eigenvalue weighted by Gasteiger charge is 2.34. The largest absolute Gasteiger partial charge is 0.345 e. The second kappa shape index (κ2) is 4.90. The predicted octanol–water partition coefficient (Wildman–Crippen LogP) is 1.18. The van der Waals surface area contributed by atoms with E-state index in [1.165, 1.54) is 0 Å². The summed E-state index contributed by atoms with van der Waals surface area (Å²) in [5.41, 5.74) is 7.85. The Morgan fingerprint density at radius 3 is 2.80 bits per heavy atom.